The van der Waals surface area contributed by atoms with Crippen molar-refractivity contribution >= 4 is 11.8 Å². The summed E-state index contributed by atoms with van der Waals surface area (Å²) in [5.41, 5.74) is 0. The predicted molar refractivity (Wildman–Crippen MR) is 56.0 cm³/mol. The van der Waals surface area contributed by atoms with Crippen molar-refractivity contribution in [3.8, 4) is 0 Å². The fourth-order valence-electron chi connectivity index (χ4n) is 1.59. The summed E-state index contributed by atoms with van der Waals surface area (Å²) in [6.45, 7) is -2.08. The van der Waals surface area contributed by atoms with Crippen LogP contribution in [0.2, 0.25) is 0 Å². The van der Waals surface area contributed by atoms with Gasteiger partial charge in [-0.3, -0.25) is 4.57 Å². The van der Waals surface area contributed by atoms with Crippen molar-refractivity contribution in [2.45, 2.75) is 25.6 Å². The summed E-state index contributed by atoms with van der Waals surface area (Å²) >= 11 is 1.89. The van der Waals surface area contributed by atoms with Gasteiger partial charge >= 0.3 is 6.55 Å². The number of hydrogen-bond acceptors (Lipinski definition) is 3. The summed E-state index contributed by atoms with van der Waals surface area (Å²) in [5, 5.41) is 3.24. The van der Waals surface area contributed by atoms with Gasteiger partial charge in [0, 0.05) is 24.2 Å². The van der Waals surface area contributed by atoms with Gasteiger partial charge in [-0.05, 0) is 12.2 Å². The molecule has 1 aliphatic rings. The van der Waals surface area contributed by atoms with Gasteiger partial charge in [-0.15, -0.1) is 0 Å². The van der Waals surface area contributed by atoms with Crippen molar-refractivity contribution in [3.05, 3.63) is 18.2 Å². The van der Waals surface area contributed by atoms with E-state index in [4.69, 9.17) is 0 Å². The van der Waals surface area contributed by atoms with Crippen LogP contribution in [0, 0.1) is 0 Å². The van der Waals surface area contributed by atoms with Gasteiger partial charge in [-0.25, -0.2) is 4.98 Å². The first-order valence-corrected chi connectivity index (χ1v) is 6.04. The van der Waals surface area contributed by atoms with Gasteiger partial charge in [0.2, 0.25) is 0 Å². The Morgan fingerprint density at radius 2 is 2.53 bits per heavy atom. The lowest BCUT2D eigenvalue weighted by molar-refractivity contribution is 0.0665. The van der Waals surface area contributed by atoms with Gasteiger partial charge in [-0.1, -0.05) is 0 Å². The first-order chi connectivity index (χ1) is 7.27. The summed E-state index contributed by atoms with van der Waals surface area (Å²) in [5.74, 6) is 2.62. The molecule has 1 atom stereocenters. The molecule has 1 aromatic heterocycles. The average molecular weight is 233 g/mol. The molecule has 0 radical (unpaired) electrons. The van der Waals surface area contributed by atoms with Gasteiger partial charge in [0.05, 0.1) is 6.54 Å². The summed E-state index contributed by atoms with van der Waals surface area (Å²) < 4.78 is 25.8. The van der Waals surface area contributed by atoms with Crippen LogP contribution in [0.4, 0.5) is 8.78 Å². The van der Waals surface area contributed by atoms with E-state index in [0.717, 1.165) is 22.5 Å². The minimum absolute atomic E-state index is 0.405. The van der Waals surface area contributed by atoms with Crippen molar-refractivity contribution in [2.24, 2.45) is 0 Å². The Morgan fingerprint density at radius 1 is 1.67 bits per heavy atom. The minimum atomic E-state index is -2.50. The third kappa shape index (κ3) is 2.69. The van der Waals surface area contributed by atoms with E-state index in [0.29, 0.717) is 18.4 Å². The lowest BCUT2D eigenvalue weighted by Gasteiger charge is -2.11. The zero-order valence-electron chi connectivity index (χ0n) is 8.20. The Kier molecular flexibility index (Phi) is 3.58. The molecule has 1 aromatic rings. The summed E-state index contributed by atoms with van der Waals surface area (Å²) in [6.07, 6.45) is 3.83. The predicted octanol–water partition coefficient (Wildman–Crippen LogP) is 1.87. The Balaban J connectivity index is 1.89. The molecule has 84 valence electrons. The second-order valence-corrected chi connectivity index (χ2v) is 4.62. The average Bonchev–Trinajstić information content (AvgIpc) is 2.86. The third-order valence-electron chi connectivity index (χ3n) is 2.44. The molecular weight excluding hydrogens is 220 g/mol. The highest BCUT2D eigenvalue weighted by Gasteiger charge is 2.16. The summed E-state index contributed by atoms with van der Waals surface area (Å²) in [7, 11) is 0. The summed E-state index contributed by atoms with van der Waals surface area (Å²) in [6, 6.07) is 0.442. The van der Waals surface area contributed by atoms with Gasteiger partial charge < -0.3 is 5.32 Å². The smallest absolute Gasteiger partial charge is 0.306 e. The molecule has 2 heterocycles. The number of alkyl halides is 2. The lowest BCUT2D eigenvalue weighted by atomic mass is 10.2. The number of nitrogens with zero attached hydrogens (tertiary/aromatic N) is 2. The molecule has 1 N–H and O–H groups in total. The van der Waals surface area contributed by atoms with Crippen molar-refractivity contribution in [1.29, 1.82) is 0 Å². The molecule has 0 spiro atoms. The molecular formula is C9H13F2N3S. The fraction of sp³-hybridized carbons (Fsp3) is 0.667. The van der Waals surface area contributed by atoms with E-state index in [9.17, 15) is 8.78 Å². The van der Waals surface area contributed by atoms with E-state index >= 15 is 0 Å². The molecule has 2 rings (SSSR count). The van der Waals surface area contributed by atoms with Crippen molar-refractivity contribution in [2.75, 3.05) is 11.5 Å². The monoisotopic (exact) mass is 233 g/mol. The van der Waals surface area contributed by atoms with E-state index in [1.807, 2.05) is 11.8 Å². The number of hydrogen-bond donors (Lipinski definition) is 1. The maximum atomic E-state index is 12.5. The molecule has 1 saturated heterocycles. The molecule has 3 nitrogen and oxygen atoms in total. The van der Waals surface area contributed by atoms with Crippen LogP contribution >= 0.6 is 11.8 Å². The molecule has 0 saturated carbocycles. The second kappa shape index (κ2) is 4.94. The first kappa shape index (κ1) is 10.9. The van der Waals surface area contributed by atoms with Crippen molar-refractivity contribution < 1.29 is 8.78 Å². The largest absolute Gasteiger partial charge is 0.319 e. The van der Waals surface area contributed by atoms with Crippen LogP contribution in [0.3, 0.4) is 0 Å². The molecule has 0 amide bonds. The maximum absolute atomic E-state index is 12.5. The number of halogens is 2. The topological polar surface area (TPSA) is 29.9 Å². The summed E-state index contributed by atoms with van der Waals surface area (Å²) in [4.78, 5) is 3.91. The van der Waals surface area contributed by atoms with Crippen LogP contribution in [0.1, 0.15) is 18.8 Å². The van der Waals surface area contributed by atoms with Crippen LogP contribution in [0.15, 0.2) is 12.4 Å². The number of aromatic nitrogens is 2. The van der Waals surface area contributed by atoms with E-state index in [1.165, 1.54) is 12.4 Å². The van der Waals surface area contributed by atoms with Crippen LogP contribution in [-0.4, -0.2) is 27.1 Å². The lowest BCUT2D eigenvalue weighted by Crippen LogP contribution is -2.29. The molecule has 1 aliphatic heterocycles. The Morgan fingerprint density at radius 3 is 3.20 bits per heavy atom. The van der Waals surface area contributed by atoms with Crippen LogP contribution in [-0.2, 0) is 6.54 Å². The van der Waals surface area contributed by atoms with Gasteiger partial charge in [0.25, 0.3) is 0 Å². The number of imidazole rings is 1. The maximum Gasteiger partial charge on any atom is 0.319 e. The minimum Gasteiger partial charge on any atom is -0.306 e. The SMILES string of the molecule is FC(F)n1ccnc1CNC1CCSC1. The van der Waals surface area contributed by atoms with Gasteiger partial charge in [0.15, 0.2) is 0 Å². The van der Waals surface area contributed by atoms with Crippen LogP contribution < -0.4 is 5.32 Å². The highest BCUT2D eigenvalue weighted by Crippen LogP contribution is 2.18. The quantitative estimate of drug-likeness (QED) is 0.861. The highest BCUT2D eigenvalue weighted by atomic mass is 32.2. The molecule has 1 unspecified atom stereocenters. The van der Waals surface area contributed by atoms with Gasteiger partial charge in [-0.2, -0.15) is 20.5 Å². The molecule has 0 aliphatic carbocycles. The highest BCUT2D eigenvalue weighted by molar-refractivity contribution is 7.99. The number of nitrogens with one attached hydrogen (secondary N) is 1. The van der Waals surface area contributed by atoms with Crippen LogP contribution in [0.5, 0.6) is 0 Å². The number of rotatable bonds is 4. The molecule has 0 aromatic carbocycles. The molecule has 15 heavy (non-hydrogen) atoms. The number of thioether (sulfide) groups is 1. The van der Waals surface area contributed by atoms with Crippen LogP contribution in [0.25, 0.3) is 0 Å². The molecule has 0 bridgehead atoms. The van der Waals surface area contributed by atoms with E-state index in [-0.39, 0.29) is 0 Å². The second-order valence-electron chi connectivity index (χ2n) is 3.47. The van der Waals surface area contributed by atoms with Gasteiger partial charge in [0.1, 0.15) is 5.82 Å². The van der Waals surface area contributed by atoms with E-state index in [1.54, 1.807) is 0 Å². The Hall–Kier alpha value is -0.620. The normalized spacial score (nSPS) is 21.4. The molecule has 6 heteroatoms. The third-order valence-corrected chi connectivity index (χ3v) is 3.60. The fourth-order valence-corrected chi connectivity index (χ4v) is 2.78. The zero-order valence-corrected chi connectivity index (χ0v) is 9.01. The van der Waals surface area contributed by atoms with Crippen molar-refractivity contribution in [1.82, 2.24) is 14.9 Å². The molecule has 1 fully saturated rings. The van der Waals surface area contributed by atoms with Crippen molar-refractivity contribution in [3.63, 3.8) is 0 Å². The first-order valence-electron chi connectivity index (χ1n) is 4.88. The standard InChI is InChI=1S/C9H13F2N3S/c10-9(11)14-3-2-12-8(14)5-13-7-1-4-15-6-7/h2-3,7,9,13H,1,4-6H2. The Labute approximate surface area is 91.3 Å². The Bertz CT molecular complexity index is 310. The van der Waals surface area contributed by atoms with E-state index < -0.39 is 6.55 Å². The van der Waals surface area contributed by atoms with E-state index in [2.05, 4.69) is 10.3 Å². The zero-order chi connectivity index (χ0) is 10.7.